The van der Waals surface area contributed by atoms with Crippen molar-refractivity contribution >= 4 is 5.91 Å². The Morgan fingerprint density at radius 1 is 1.24 bits per heavy atom. The van der Waals surface area contributed by atoms with Gasteiger partial charge in [0.25, 0.3) is 0 Å². The van der Waals surface area contributed by atoms with Crippen molar-refractivity contribution in [1.82, 2.24) is 15.1 Å². The Morgan fingerprint density at radius 3 is 2.38 bits per heavy atom. The molecule has 1 unspecified atom stereocenters. The lowest BCUT2D eigenvalue weighted by Gasteiger charge is -2.40. The van der Waals surface area contributed by atoms with Gasteiger partial charge in [-0.2, -0.15) is 13.2 Å². The normalized spacial score (nSPS) is 28.1. The van der Waals surface area contributed by atoms with Crippen LogP contribution in [0.4, 0.5) is 13.2 Å². The van der Waals surface area contributed by atoms with Crippen molar-refractivity contribution in [1.29, 1.82) is 0 Å². The van der Waals surface area contributed by atoms with E-state index in [2.05, 4.69) is 12.2 Å². The van der Waals surface area contributed by atoms with Crippen molar-refractivity contribution in [3.8, 4) is 0 Å². The molecule has 0 spiro atoms. The molecule has 2 saturated heterocycles. The highest BCUT2D eigenvalue weighted by Gasteiger charge is 2.43. The number of carbonyl (C=O) groups excluding carboxylic acids is 1. The van der Waals surface area contributed by atoms with Crippen LogP contribution in [0.5, 0.6) is 0 Å². The molecule has 2 heterocycles. The molecular weight excluding hydrogens is 283 g/mol. The molecule has 0 aromatic heterocycles. The van der Waals surface area contributed by atoms with Gasteiger partial charge in [-0.25, -0.2) is 0 Å². The molecule has 2 aliphatic heterocycles. The van der Waals surface area contributed by atoms with E-state index in [1.54, 1.807) is 4.90 Å². The lowest BCUT2D eigenvalue weighted by atomic mass is 9.90. The fourth-order valence-electron chi connectivity index (χ4n) is 3.40. The first-order valence-corrected chi connectivity index (χ1v) is 7.70. The van der Waals surface area contributed by atoms with Gasteiger partial charge in [0.1, 0.15) is 0 Å². The minimum Gasteiger partial charge on any atom is -0.339 e. The van der Waals surface area contributed by atoms with Gasteiger partial charge in [-0.3, -0.25) is 9.69 Å². The number of hydrogen-bond donors (Lipinski definition) is 1. The van der Waals surface area contributed by atoms with E-state index < -0.39 is 18.3 Å². The maximum atomic E-state index is 12.7. The Kier molecular flexibility index (Phi) is 5.14. The van der Waals surface area contributed by atoms with Gasteiger partial charge in [-0.15, -0.1) is 0 Å². The number of nitrogens with one attached hydrogen (secondary N) is 1. The largest absolute Gasteiger partial charge is 0.401 e. The van der Waals surface area contributed by atoms with E-state index in [9.17, 15) is 18.0 Å². The Morgan fingerprint density at radius 2 is 1.90 bits per heavy atom. The highest BCUT2D eigenvalue weighted by atomic mass is 19.4. The van der Waals surface area contributed by atoms with Crippen LogP contribution in [-0.2, 0) is 4.79 Å². The van der Waals surface area contributed by atoms with Crippen molar-refractivity contribution in [2.24, 2.45) is 0 Å². The van der Waals surface area contributed by atoms with E-state index in [0.717, 1.165) is 32.2 Å². The van der Waals surface area contributed by atoms with Gasteiger partial charge < -0.3 is 10.2 Å². The minimum atomic E-state index is -4.16. The Balaban J connectivity index is 1.90. The van der Waals surface area contributed by atoms with Gasteiger partial charge in [-0.05, 0) is 25.8 Å². The van der Waals surface area contributed by atoms with Gasteiger partial charge in [0.2, 0.25) is 5.91 Å². The molecule has 122 valence electrons. The quantitative estimate of drug-likeness (QED) is 0.857. The lowest BCUT2D eigenvalue weighted by Crippen LogP contribution is -2.59. The molecular formula is C14H24F3N3O. The summed E-state index contributed by atoms with van der Waals surface area (Å²) < 4.78 is 37.1. The highest BCUT2D eigenvalue weighted by molar-refractivity contribution is 5.87. The average Bonchev–Trinajstić information content (AvgIpc) is 2.87. The summed E-state index contributed by atoms with van der Waals surface area (Å²) in [7, 11) is 0. The van der Waals surface area contributed by atoms with Crippen LogP contribution in [0.2, 0.25) is 0 Å². The van der Waals surface area contributed by atoms with E-state index in [4.69, 9.17) is 0 Å². The highest BCUT2D eigenvalue weighted by Crippen LogP contribution is 2.28. The monoisotopic (exact) mass is 307 g/mol. The molecule has 0 aromatic rings. The Labute approximate surface area is 123 Å². The molecule has 7 heteroatoms. The Bertz CT molecular complexity index is 359. The van der Waals surface area contributed by atoms with E-state index in [-0.39, 0.29) is 5.91 Å². The van der Waals surface area contributed by atoms with Gasteiger partial charge in [0.05, 0.1) is 12.1 Å². The molecule has 0 bridgehead atoms. The van der Waals surface area contributed by atoms with Gasteiger partial charge >= 0.3 is 6.18 Å². The molecule has 2 rings (SSSR count). The first-order chi connectivity index (χ1) is 9.86. The number of halogens is 3. The van der Waals surface area contributed by atoms with E-state index in [1.807, 2.05) is 0 Å². The second-order valence-electron chi connectivity index (χ2n) is 6.05. The standard InChI is InChI=1S/C14H24F3N3O/c1-2-4-13(5-3-6-18-13)12(21)20-9-7-19(8-10-20)11-14(15,16)17/h18H,2-11H2,1H3. The second-order valence-corrected chi connectivity index (χ2v) is 6.05. The molecule has 1 amide bonds. The SMILES string of the molecule is CCCC1(C(=O)N2CCN(CC(F)(F)F)CC2)CCCN1. The number of hydrogen-bond acceptors (Lipinski definition) is 3. The third kappa shape index (κ3) is 4.10. The number of alkyl halides is 3. The third-order valence-electron chi connectivity index (χ3n) is 4.39. The molecule has 0 aromatic carbocycles. The molecule has 21 heavy (non-hydrogen) atoms. The minimum absolute atomic E-state index is 0.0773. The number of amides is 1. The van der Waals surface area contributed by atoms with Gasteiger partial charge in [-0.1, -0.05) is 13.3 Å². The molecule has 1 atom stereocenters. The van der Waals surface area contributed by atoms with Gasteiger partial charge in [0.15, 0.2) is 0 Å². The van der Waals surface area contributed by atoms with Crippen molar-refractivity contribution in [3.63, 3.8) is 0 Å². The van der Waals surface area contributed by atoms with Crippen LogP contribution in [0.1, 0.15) is 32.6 Å². The zero-order chi connectivity index (χ0) is 15.5. The summed E-state index contributed by atoms with van der Waals surface area (Å²) >= 11 is 0. The van der Waals surface area contributed by atoms with Crippen molar-refractivity contribution in [2.75, 3.05) is 39.3 Å². The molecule has 2 fully saturated rings. The molecule has 0 aliphatic carbocycles. The second kappa shape index (κ2) is 6.52. The summed E-state index contributed by atoms with van der Waals surface area (Å²) in [6.07, 6.45) is -0.619. The van der Waals surface area contributed by atoms with Crippen LogP contribution in [-0.4, -0.2) is 66.7 Å². The van der Waals surface area contributed by atoms with Crippen LogP contribution in [0, 0.1) is 0 Å². The van der Waals surface area contributed by atoms with Crippen LogP contribution in [0.3, 0.4) is 0 Å². The maximum absolute atomic E-state index is 12.7. The topological polar surface area (TPSA) is 35.6 Å². The van der Waals surface area contributed by atoms with Crippen molar-refractivity contribution in [3.05, 3.63) is 0 Å². The predicted octanol–water partition coefficient (Wildman–Crippen LogP) is 1.62. The summed E-state index contributed by atoms with van der Waals surface area (Å²) in [5, 5.41) is 3.33. The van der Waals surface area contributed by atoms with Crippen LogP contribution < -0.4 is 5.32 Å². The van der Waals surface area contributed by atoms with E-state index >= 15 is 0 Å². The van der Waals surface area contributed by atoms with Crippen LogP contribution >= 0.6 is 0 Å². The first-order valence-electron chi connectivity index (χ1n) is 7.70. The fraction of sp³-hybridized carbons (Fsp3) is 0.929. The number of nitrogens with zero attached hydrogens (tertiary/aromatic N) is 2. The van der Waals surface area contributed by atoms with Gasteiger partial charge in [0, 0.05) is 26.2 Å². The van der Waals surface area contributed by atoms with E-state index in [1.165, 1.54) is 4.90 Å². The maximum Gasteiger partial charge on any atom is 0.401 e. The van der Waals surface area contributed by atoms with Crippen LogP contribution in [0.25, 0.3) is 0 Å². The predicted molar refractivity (Wildman–Crippen MR) is 74.0 cm³/mol. The molecule has 2 aliphatic rings. The zero-order valence-electron chi connectivity index (χ0n) is 12.5. The molecule has 0 radical (unpaired) electrons. The van der Waals surface area contributed by atoms with Crippen molar-refractivity contribution < 1.29 is 18.0 Å². The smallest absolute Gasteiger partial charge is 0.339 e. The summed E-state index contributed by atoms with van der Waals surface area (Å²) in [6, 6.07) is 0. The lowest BCUT2D eigenvalue weighted by molar-refractivity contribution is -0.153. The molecule has 4 nitrogen and oxygen atoms in total. The average molecular weight is 307 g/mol. The summed E-state index contributed by atoms with van der Waals surface area (Å²) in [5.74, 6) is 0.0773. The van der Waals surface area contributed by atoms with Crippen LogP contribution in [0.15, 0.2) is 0 Å². The first kappa shape index (κ1) is 16.5. The number of carbonyl (C=O) groups is 1. The fourth-order valence-corrected chi connectivity index (χ4v) is 3.40. The summed E-state index contributed by atoms with van der Waals surface area (Å²) in [5.41, 5.74) is -0.471. The number of rotatable bonds is 4. The van der Waals surface area contributed by atoms with Crippen molar-refractivity contribution in [2.45, 2.75) is 44.3 Å². The summed E-state index contributed by atoms with van der Waals surface area (Å²) in [4.78, 5) is 15.8. The zero-order valence-corrected chi connectivity index (χ0v) is 12.5. The molecule has 0 saturated carbocycles. The molecule has 1 N–H and O–H groups in total. The van der Waals surface area contributed by atoms with E-state index in [0.29, 0.717) is 26.2 Å². The summed E-state index contributed by atoms with van der Waals surface area (Å²) in [6.45, 7) is 3.40. The third-order valence-corrected chi connectivity index (χ3v) is 4.39. The number of piperazine rings is 1. The Hall–Kier alpha value is -0.820.